The van der Waals surface area contributed by atoms with Gasteiger partial charge in [-0.1, -0.05) is 105 Å². The number of hydrogen-bond donors (Lipinski definition) is 0. The van der Waals surface area contributed by atoms with Crippen molar-refractivity contribution >= 4 is 19.0 Å². The molecule has 1 saturated carbocycles. The number of rotatable bonds is 11. The van der Waals surface area contributed by atoms with E-state index in [0.29, 0.717) is 25.7 Å². The van der Waals surface area contributed by atoms with Crippen LogP contribution in [-0.2, 0) is 20.8 Å². The minimum absolute atomic E-state index is 0.0186. The Hall–Kier alpha value is -5.27. The zero-order valence-corrected chi connectivity index (χ0v) is 31.9. The van der Waals surface area contributed by atoms with Crippen LogP contribution < -0.4 is 9.59 Å². The van der Waals surface area contributed by atoms with Crippen LogP contribution in [-0.4, -0.2) is 54.1 Å². The van der Waals surface area contributed by atoms with E-state index in [1.54, 1.807) is 0 Å². The summed E-state index contributed by atoms with van der Waals surface area (Å²) < 4.78 is 25.7. The molecule has 2 aliphatic carbocycles. The molecule has 0 bridgehead atoms. The SMILES string of the molecule is C=[N+]1C=C(CO[C@@H]2CC(OCc3cc/c(=C4\C=CC=CC4C)[n+](=C)c3)C[C@H](OCC3=C[N+](=C)[C-](c4ccccc4C)C=C3)C2)C=C[C-]1c1ccccc1C. The Labute approximate surface area is 320 Å². The predicted octanol–water partition coefficient (Wildman–Crippen LogP) is 7.48. The van der Waals surface area contributed by atoms with E-state index in [1.165, 1.54) is 27.8 Å². The number of aromatic nitrogens is 1. The van der Waals surface area contributed by atoms with E-state index in [2.05, 4.69) is 169 Å². The summed E-state index contributed by atoms with van der Waals surface area (Å²) in [5.41, 5.74) is 9.29. The summed E-state index contributed by atoms with van der Waals surface area (Å²) in [6, 6.07) is 23.2. The number of aryl methyl sites for hydroxylation is 2. The molecule has 0 saturated heterocycles. The highest BCUT2D eigenvalue weighted by atomic mass is 16.5. The van der Waals surface area contributed by atoms with Crippen LogP contribution in [0.3, 0.4) is 0 Å². The molecule has 4 aliphatic rings. The monoisotopic (exact) mass is 718 g/mol. The lowest BCUT2D eigenvalue weighted by atomic mass is 9.91. The smallest absolute Gasteiger partial charge is 0.213 e. The molecule has 54 heavy (non-hydrogen) atoms. The van der Waals surface area contributed by atoms with Gasteiger partial charge in [0.25, 0.3) is 0 Å². The summed E-state index contributed by atoms with van der Waals surface area (Å²) >= 11 is 0. The molecule has 0 radical (unpaired) electrons. The van der Waals surface area contributed by atoms with Crippen LogP contribution in [0.25, 0.3) is 5.57 Å². The van der Waals surface area contributed by atoms with E-state index < -0.39 is 0 Å². The van der Waals surface area contributed by atoms with E-state index in [1.807, 2.05) is 13.4 Å². The molecule has 1 aromatic heterocycles. The van der Waals surface area contributed by atoms with E-state index in [0.717, 1.165) is 53.4 Å². The van der Waals surface area contributed by atoms with Gasteiger partial charge in [0.2, 0.25) is 5.35 Å². The number of benzene rings is 2. The molecule has 0 N–H and O–H groups in total. The van der Waals surface area contributed by atoms with Gasteiger partial charge in [-0.25, -0.2) is 0 Å². The summed E-state index contributed by atoms with van der Waals surface area (Å²) in [7, 11) is 0. The zero-order chi connectivity index (χ0) is 37.6. The Morgan fingerprint density at radius 1 is 0.648 bits per heavy atom. The number of hydrogen-bond acceptors (Lipinski definition) is 3. The van der Waals surface area contributed by atoms with Crippen molar-refractivity contribution in [2.24, 2.45) is 5.92 Å². The molecular formula is C48H52N3O3+. The molecule has 7 rings (SSSR count). The first-order chi connectivity index (χ1) is 26.2. The minimum atomic E-state index is -0.0199. The molecule has 6 nitrogen and oxygen atoms in total. The van der Waals surface area contributed by atoms with Crippen molar-refractivity contribution in [3.05, 3.63) is 191 Å². The quantitative estimate of drug-likeness (QED) is 0.153. The molecule has 1 fully saturated rings. The number of pyridine rings is 1. The van der Waals surface area contributed by atoms with E-state index in [4.69, 9.17) is 14.2 Å². The first-order valence-electron chi connectivity index (χ1n) is 19.0. The maximum Gasteiger partial charge on any atom is 0.213 e. The van der Waals surface area contributed by atoms with Crippen LogP contribution in [0.5, 0.6) is 0 Å². The standard InChI is InChI=1S/C48H52N3O3/c1-34-13-7-10-16-43(34)46-22-19-37(28-49(46)4)31-52-40-25-41(53-32-38-20-23-47(50(5)29-38)44-17-11-8-14-35(44)2)27-42(26-40)54-33-39-21-24-48(51(6)30-39)45-18-12-9-15-36(45)3/h7-24,28-30,34,40-42H,4-6,25-27,31-33H2,1-3H3/q+1/b46-43-/t34?,40?,41-,42+. The van der Waals surface area contributed by atoms with Crippen molar-refractivity contribution in [3.63, 3.8) is 0 Å². The van der Waals surface area contributed by atoms with Gasteiger partial charge >= 0.3 is 0 Å². The Morgan fingerprint density at radius 3 is 1.65 bits per heavy atom. The normalized spacial score (nSPS) is 23.5. The van der Waals surface area contributed by atoms with Crippen molar-refractivity contribution in [3.8, 4) is 0 Å². The van der Waals surface area contributed by atoms with Crippen LogP contribution in [0.2, 0.25) is 0 Å². The van der Waals surface area contributed by atoms with Gasteiger partial charge in [0.05, 0.1) is 51.6 Å². The highest BCUT2D eigenvalue weighted by Crippen LogP contribution is 2.31. The zero-order valence-electron chi connectivity index (χ0n) is 31.9. The molecule has 2 aliphatic heterocycles. The largest absolute Gasteiger partial charge is 0.374 e. The van der Waals surface area contributed by atoms with Gasteiger partial charge in [-0.15, -0.1) is 12.1 Å². The number of ether oxygens (including phenoxy) is 3. The lowest BCUT2D eigenvalue weighted by Crippen LogP contribution is -2.39. The molecule has 2 unspecified atom stereocenters. The number of allylic oxidation sites excluding steroid dienone is 4. The third-order valence-electron chi connectivity index (χ3n) is 10.7. The molecule has 3 aromatic rings. The third kappa shape index (κ3) is 8.74. The second kappa shape index (κ2) is 16.8. The number of nitrogens with zero attached hydrogens (tertiary/aromatic N) is 3. The molecule has 6 heteroatoms. The van der Waals surface area contributed by atoms with Gasteiger partial charge in [0, 0.05) is 23.1 Å². The summed E-state index contributed by atoms with van der Waals surface area (Å²) in [6.45, 7) is 20.8. The average Bonchev–Trinajstić information content (AvgIpc) is 3.17. The Kier molecular flexibility index (Phi) is 11.5. The van der Waals surface area contributed by atoms with Gasteiger partial charge in [-0.05, 0) is 59.8 Å². The van der Waals surface area contributed by atoms with Crippen molar-refractivity contribution in [2.45, 2.75) is 65.0 Å². The van der Waals surface area contributed by atoms with Crippen LogP contribution in [0.15, 0.2) is 139 Å². The van der Waals surface area contributed by atoms with Gasteiger partial charge in [-0.3, -0.25) is 9.15 Å². The van der Waals surface area contributed by atoms with Crippen LogP contribution in [0.4, 0.5) is 0 Å². The van der Waals surface area contributed by atoms with E-state index in [9.17, 15) is 0 Å². The van der Waals surface area contributed by atoms with Crippen molar-refractivity contribution in [1.29, 1.82) is 0 Å². The first kappa shape index (κ1) is 37.1. The summed E-state index contributed by atoms with van der Waals surface area (Å²) in [5.74, 6) is 0.343. The Bertz CT molecular complexity index is 2100. The highest BCUT2D eigenvalue weighted by Gasteiger charge is 2.32. The average molecular weight is 719 g/mol. The third-order valence-corrected chi connectivity index (χ3v) is 10.7. The lowest BCUT2D eigenvalue weighted by Gasteiger charge is -2.35. The van der Waals surface area contributed by atoms with E-state index in [-0.39, 0.29) is 18.3 Å². The van der Waals surface area contributed by atoms with Crippen LogP contribution in [0, 0.1) is 38.6 Å². The Balaban J connectivity index is 1.01. The lowest BCUT2D eigenvalue weighted by molar-refractivity contribution is -0.515. The fourth-order valence-corrected chi connectivity index (χ4v) is 7.69. The summed E-state index contributed by atoms with van der Waals surface area (Å²) in [6.07, 6.45) is 25.6. The first-order valence-corrected chi connectivity index (χ1v) is 19.0. The van der Waals surface area contributed by atoms with Gasteiger partial charge in [0.1, 0.15) is 31.2 Å². The van der Waals surface area contributed by atoms with Crippen LogP contribution >= 0.6 is 0 Å². The van der Waals surface area contributed by atoms with Crippen molar-refractivity contribution in [2.75, 3.05) is 13.2 Å². The van der Waals surface area contributed by atoms with Crippen LogP contribution in [0.1, 0.15) is 54.0 Å². The highest BCUT2D eigenvalue weighted by molar-refractivity contribution is 5.61. The van der Waals surface area contributed by atoms with Gasteiger partial charge < -0.3 is 14.2 Å². The molecule has 3 heterocycles. The van der Waals surface area contributed by atoms with E-state index >= 15 is 0 Å². The van der Waals surface area contributed by atoms with Gasteiger partial charge in [-0.2, -0.15) is 4.24 Å². The molecule has 2 aromatic carbocycles. The second-order valence-corrected chi connectivity index (χ2v) is 14.8. The fraction of sp³-hybridized carbons (Fsp3) is 0.271. The Morgan fingerprint density at radius 2 is 1.17 bits per heavy atom. The molecular weight excluding hydrogens is 667 g/mol. The van der Waals surface area contributed by atoms with Crippen molar-refractivity contribution in [1.82, 2.24) is 0 Å². The minimum Gasteiger partial charge on any atom is -0.374 e. The summed E-state index contributed by atoms with van der Waals surface area (Å²) in [4.78, 5) is 0. The maximum atomic E-state index is 6.62. The molecule has 276 valence electrons. The molecule has 4 atom stereocenters. The maximum absolute atomic E-state index is 6.62. The topological polar surface area (TPSA) is 39.6 Å². The second-order valence-electron chi connectivity index (χ2n) is 14.8. The predicted molar refractivity (Wildman–Crippen MR) is 216 cm³/mol. The molecule has 0 spiro atoms. The van der Waals surface area contributed by atoms with Gasteiger partial charge in [0.15, 0.2) is 6.20 Å². The van der Waals surface area contributed by atoms with Crippen molar-refractivity contribution < 1.29 is 27.6 Å². The molecule has 0 amide bonds. The summed E-state index contributed by atoms with van der Waals surface area (Å²) in [5, 5.41) is 1.11. The fourth-order valence-electron chi connectivity index (χ4n) is 7.69.